The first-order valence-corrected chi connectivity index (χ1v) is 12.1. The number of nitrogens with zero attached hydrogens (tertiary/aromatic N) is 5. The molecule has 3 atom stereocenters. The smallest absolute Gasteiger partial charge is 0.326 e. The molecule has 2 fully saturated rings. The number of nitrogens with one attached hydrogen (secondary N) is 2. The van der Waals surface area contributed by atoms with Crippen LogP contribution in [-0.4, -0.2) is 49.4 Å². The average Bonchev–Trinajstić information content (AvgIpc) is 3.18. The number of anilines is 1. The number of aromatic nitrogens is 6. The molecule has 7 rings (SSSR count). The van der Waals surface area contributed by atoms with Crippen molar-refractivity contribution in [1.29, 1.82) is 0 Å². The molecule has 0 unspecified atom stereocenters. The maximum atomic E-state index is 14.7. The monoisotopic (exact) mass is 484 g/mol. The summed E-state index contributed by atoms with van der Waals surface area (Å²) in [5, 5.41) is 7.49. The molecular formula is C26H25FN8O. The van der Waals surface area contributed by atoms with Crippen molar-refractivity contribution < 1.29 is 4.39 Å². The van der Waals surface area contributed by atoms with Gasteiger partial charge in [-0.25, -0.2) is 19.2 Å². The van der Waals surface area contributed by atoms with E-state index in [0.717, 1.165) is 47.5 Å². The zero-order valence-electron chi connectivity index (χ0n) is 19.7. The van der Waals surface area contributed by atoms with E-state index in [-0.39, 0.29) is 22.8 Å². The Morgan fingerprint density at radius 2 is 2.08 bits per heavy atom. The molecule has 0 radical (unpaired) electrons. The minimum Gasteiger partial charge on any atom is -0.355 e. The molecule has 1 saturated carbocycles. The number of H-pyrrole nitrogens is 2. The summed E-state index contributed by atoms with van der Waals surface area (Å²) >= 11 is 0. The highest BCUT2D eigenvalue weighted by atomic mass is 19.1. The fraction of sp³-hybridized carbons (Fsp3) is 0.308. The van der Waals surface area contributed by atoms with Gasteiger partial charge in [0.15, 0.2) is 5.65 Å². The first-order valence-electron chi connectivity index (χ1n) is 12.1. The number of benzene rings is 2. The average molecular weight is 485 g/mol. The van der Waals surface area contributed by atoms with E-state index >= 15 is 0 Å². The third kappa shape index (κ3) is 2.84. The van der Waals surface area contributed by atoms with Gasteiger partial charge >= 0.3 is 5.69 Å². The summed E-state index contributed by atoms with van der Waals surface area (Å²) < 4.78 is 16.2. The number of aromatic amines is 2. The van der Waals surface area contributed by atoms with E-state index in [1.54, 1.807) is 23.9 Å². The van der Waals surface area contributed by atoms with Crippen LogP contribution < -0.4 is 16.3 Å². The van der Waals surface area contributed by atoms with Crippen molar-refractivity contribution in [1.82, 2.24) is 29.7 Å². The summed E-state index contributed by atoms with van der Waals surface area (Å²) in [5.41, 5.74) is 10.9. The number of halogens is 1. The van der Waals surface area contributed by atoms with Gasteiger partial charge in [0.25, 0.3) is 0 Å². The topological polar surface area (TPSA) is 122 Å². The Kier molecular flexibility index (Phi) is 4.41. The molecule has 2 aromatic carbocycles. The summed E-state index contributed by atoms with van der Waals surface area (Å²) in [6, 6.07) is 12.7. The lowest BCUT2D eigenvalue weighted by Gasteiger charge is -2.26. The molecule has 4 N–H and O–H groups in total. The van der Waals surface area contributed by atoms with Crippen molar-refractivity contribution in [3.8, 4) is 11.3 Å². The normalized spacial score (nSPS) is 23.4. The Balaban J connectivity index is 1.19. The molecule has 3 aromatic heterocycles. The van der Waals surface area contributed by atoms with Crippen LogP contribution >= 0.6 is 0 Å². The molecule has 2 aliphatic rings. The Morgan fingerprint density at radius 1 is 1.22 bits per heavy atom. The van der Waals surface area contributed by atoms with Crippen LogP contribution in [0.3, 0.4) is 0 Å². The van der Waals surface area contributed by atoms with Gasteiger partial charge in [-0.15, -0.1) is 0 Å². The molecule has 9 nitrogen and oxygen atoms in total. The Morgan fingerprint density at radius 3 is 2.92 bits per heavy atom. The fourth-order valence-corrected chi connectivity index (χ4v) is 6.37. The minimum absolute atomic E-state index is 0.161. The summed E-state index contributed by atoms with van der Waals surface area (Å²) in [6.07, 6.45) is 2.71. The van der Waals surface area contributed by atoms with Crippen molar-refractivity contribution in [2.45, 2.75) is 11.8 Å². The van der Waals surface area contributed by atoms with Crippen LogP contribution in [0.4, 0.5) is 10.2 Å². The van der Waals surface area contributed by atoms with E-state index in [2.05, 4.69) is 20.1 Å². The van der Waals surface area contributed by atoms with Gasteiger partial charge in [0.2, 0.25) is 0 Å². The quantitative estimate of drug-likeness (QED) is 0.361. The predicted molar refractivity (Wildman–Crippen MR) is 135 cm³/mol. The molecule has 36 heavy (non-hydrogen) atoms. The molecule has 1 aliphatic carbocycles. The summed E-state index contributed by atoms with van der Waals surface area (Å²) in [5.74, 6) is 1.26. The summed E-state index contributed by atoms with van der Waals surface area (Å²) in [7, 11) is 1.73. The molecule has 10 heteroatoms. The zero-order valence-corrected chi connectivity index (χ0v) is 19.7. The highest BCUT2D eigenvalue weighted by Gasteiger charge is 2.66. The zero-order chi connectivity index (χ0) is 24.6. The maximum Gasteiger partial charge on any atom is 0.326 e. The number of imidazole rings is 1. The molecular weight excluding hydrogens is 459 g/mol. The second-order valence-electron chi connectivity index (χ2n) is 9.89. The standard InChI is InChI=1S/C26H25FN8O/c1-34-20-7-6-14(10-19(20)30-25(34)36)22-23-24(33-32-22)31-21(11-29-23)35-9-8-15-17(12-35)26(15,13-28)16-4-2-3-5-18(16)27/h2-7,10-11,15,17H,8-9,12-13,28H2,1H3,(H,30,36)(H,31,32,33)/t15-,17+,26-/m1/s1. The van der Waals surface area contributed by atoms with Crippen LogP contribution in [0.1, 0.15) is 12.0 Å². The van der Waals surface area contributed by atoms with Gasteiger partial charge in [0.1, 0.15) is 22.8 Å². The van der Waals surface area contributed by atoms with E-state index in [4.69, 9.17) is 15.7 Å². The van der Waals surface area contributed by atoms with Crippen LogP contribution in [0.25, 0.3) is 33.5 Å². The highest BCUT2D eigenvalue weighted by Crippen LogP contribution is 2.63. The summed E-state index contributed by atoms with van der Waals surface area (Å²) in [4.78, 5) is 26.5. The van der Waals surface area contributed by atoms with Crippen LogP contribution in [0, 0.1) is 17.7 Å². The van der Waals surface area contributed by atoms with Gasteiger partial charge in [-0.3, -0.25) is 9.67 Å². The second-order valence-corrected chi connectivity index (χ2v) is 9.89. The number of hydrogen-bond donors (Lipinski definition) is 3. The van der Waals surface area contributed by atoms with Crippen molar-refractivity contribution in [2.24, 2.45) is 24.6 Å². The largest absolute Gasteiger partial charge is 0.355 e. The van der Waals surface area contributed by atoms with Crippen molar-refractivity contribution >= 4 is 28.0 Å². The highest BCUT2D eigenvalue weighted by molar-refractivity contribution is 5.91. The Bertz CT molecular complexity index is 1700. The third-order valence-electron chi connectivity index (χ3n) is 8.30. The molecule has 4 heterocycles. The second kappa shape index (κ2) is 7.47. The van der Waals surface area contributed by atoms with Crippen LogP contribution in [0.2, 0.25) is 0 Å². The lowest BCUT2D eigenvalue weighted by molar-refractivity contribution is 0.533. The van der Waals surface area contributed by atoms with E-state index in [9.17, 15) is 9.18 Å². The lowest BCUT2D eigenvalue weighted by Crippen LogP contribution is -2.32. The first kappa shape index (κ1) is 21.3. The molecule has 5 aromatic rings. The Hall–Kier alpha value is -4.05. The fourth-order valence-electron chi connectivity index (χ4n) is 6.37. The maximum absolute atomic E-state index is 14.7. The van der Waals surface area contributed by atoms with E-state index in [0.29, 0.717) is 29.3 Å². The van der Waals surface area contributed by atoms with E-state index in [1.807, 2.05) is 30.3 Å². The molecule has 0 bridgehead atoms. The van der Waals surface area contributed by atoms with E-state index < -0.39 is 0 Å². The number of fused-ring (bicyclic) bond motifs is 3. The van der Waals surface area contributed by atoms with Gasteiger partial charge in [0.05, 0.1) is 17.2 Å². The molecule has 1 aliphatic heterocycles. The summed E-state index contributed by atoms with van der Waals surface area (Å²) in [6.45, 7) is 2.01. The molecule has 182 valence electrons. The van der Waals surface area contributed by atoms with Crippen molar-refractivity contribution in [3.63, 3.8) is 0 Å². The first-order chi connectivity index (χ1) is 17.5. The van der Waals surface area contributed by atoms with Crippen LogP contribution in [0.15, 0.2) is 53.5 Å². The number of aryl methyl sites for hydroxylation is 1. The molecule has 1 saturated heterocycles. The van der Waals surface area contributed by atoms with E-state index in [1.165, 1.54) is 6.07 Å². The van der Waals surface area contributed by atoms with Gasteiger partial charge in [0, 0.05) is 37.7 Å². The van der Waals surface area contributed by atoms with Gasteiger partial charge in [-0.2, -0.15) is 5.10 Å². The SMILES string of the molecule is Cn1c(=O)[nH]c2cc(-c3n[nH]c4nc(N5CC[C@@H]6[C@H](C5)[C@@]6(CN)c5ccccc5F)cnc34)ccc21. The van der Waals surface area contributed by atoms with Crippen molar-refractivity contribution in [3.05, 3.63) is 70.5 Å². The third-order valence-corrected chi connectivity index (χ3v) is 8.30. The minimum atomic E-state index is -0.310. The van der Waals surface area contributed by atoms with Crippen molar-refractivity contribution in [2.75, 3.05) is 24.5 Å². The Labute approximate surface area is 205 Å². The van der Waals surface area contributed by atoms with Gasteiger partial charge in [-0.1, -0.05) is 24.3 Å². The number of hydrogen-bond acceptors (Lipinski definition) is 6. The van der Waals surface area contributed by atoms with Crippen LogP contribution in [0.5, 0.6) is 0 Å². The molecule has 0 amide bonds. The number of piperidine rings is 1. The van der Waals surface area contributed by atoms with Gasteiger partial charge < -0.3 is 15.6 Å². The van der Waals surface area contributed by atoms with Crippen LogP contribution in [-0.2, 0) is 12.5 Å². The lowest BCUT2D eigenvalue weighted by atomic mass is 9.91. The molecule has 0 spiro atoms. The van der Waals surface area contributed by atoms with Gasteiger partial charge in [-0.05, 0) is 42.0 Å². The number of rotatable bonds is 4. The predicted octanol–water partition coefficient (Wildman–Crippen LogP) is 2.69. The number of nitrogens with two attached hydrogens (primary N) is 1.